The smallest absolute Gasteiger partial charge is 0.250 e. The lowest BCUT2D eigenvalue weighted by Crippen LogP contribution is -2.43. The van der Waals surface area contributed by atoms with Gasteiger partial charge in [-0.3, -0.25) is 19.5 Å². The van der Waals surface area contributed by atoms with E-state index >= 15 is 0 Å². The lowest BCUT2D eigenvalue weighted by Gasteiger charge is -2.28. The van der Waals surface area contributed by atoms with Gasteiger partial charge in [0.2, 0.25) is 17.7 Å². The Morgan fingerprint density at radius 3 is 1.95 bits per heavy atom. The average Bonchev–Trinajstić information content (AvgIpc) is 3.73. The van der Waals surface area contributed by atoms with E-state index in [1.165, 1.54) is 0 Å². The van der Waals surface area contributed by atoms with Crippen LogP contribution in [0.15, 0.2) is 121 Å². The van der Waals surface area contributed by atoms with Gasteiger partial charge in [0.25, 0.3) is 0 Å². The molecule has 0 spiro atoms. The Morgan fingerprint density at radius 1 is 0.712 bits per heavy atom. The van der Waals surface area contributed by atoms with Gasteiger partial charge in [0.05, 0.1) is 35.4 Å². The molecule has 2 aromatic heterocycles. The maximum atomic E-state index is 14.0. The number of likely N-dealkylation sites (tertiary alicyclic amines) is 2. The predicted octanol–water partition coefficient (Wildman–Crippen LogP) is 7.16. The zero-order valence-electron chi connectivity index (χ0n) is 32.7. The fourth-order valence-electron chi connectivity index (χ4n) is 8.26. The van der Waals surface area contributed by atoms with E-state index < -0.39 is 12.1 Å². The van der Waals surface area contributed by atoms with Gasteiger partial charge in [0, 0.05) is 35.7 Å². The Kier molecular flexibility index (Phi) is 10.6. The molecule has 0 unspecified atom stereocenters. The molecule has 4 atom stereocenters. The third-order valence-electron chi connectivity index (χ3n) is 11.7. The van der Waals surface area contributed by atoms with Crippen LogP contribution in [0.2, 0.25) is 0 Å². The van der Waals surface area contributed by atoms with E-state index in [-0.39, 0.29) is 35.7 Å². The number of aromatic amines is 2. The highest BCUT2D eigenvalue weighted by molar-refractivity contribution is 5.90. The summed E-state index contributed by atoms with van der Waals surface area (Å²) >= 11 is 0. The number of nitrogens with two attached hydrogens (primary N) is 1. The van der Waals surface area contributed by atoms with Crippen LogP contribution in [-0.2, 0) is 14.4 Å². The maximum absolute atomic E-state index is 14.0. The van der Waals surface area contributed by atoms with Gasteiger partial charge in [0.1, 0.15) is 17.9 Å². The van der Waals surface area contributed by atoms with Gasteiger partial charge in [-0.15, -0.1) is 0 Å². The molecular weight excluding hydrogens is 737 g/mol. The van der Waals surface area contributed by atoms with Crippen LogP contribution < -0.4 is 11.1 Å². The molecular formula is C48H46N8O3. The fraction of sp³-hybridized carbons (Fsp3) is 0.271. The molecule has 4 heterocycles. The monoisotopic (exact) mass is 782 g/mol. The number of aromatic nitrogens is 4. The van der Waals surface area contributed by atoms with E-state index in [1.54, 1.807) is 0 Å². The number of amides is 3. The van der Waals surface area contributed by atoms with Crippen LogP contribution in [0.4, 0.5) is 0 Å². The van der Waals surface area contributed by atoms with Crippen LogP contribution >= 0.6 is 0 Å². The fourth-order valence-corrected chi connectivity index (χ4v) is 8.26. The van der Waals surface area contributed by atoms with E-state index in [4.69, 9.17) is 10.7 Å². The summed E-state index contributed by atoms with van der Waals surface area (Å²) in [6.45, 7) is 1.28. The number of carbonyl (C=O) groups excluding carboxylic acids is 3. The molecule has 1 saturated carbocycles. The van der Waals surface area contributed by atoms with Gasteiger partial charge >= 0.3 is 0 Å². The van der Waals surface area contributed by atoms with Crippen molar-refractivity contribution in [2.45, 2.75) is 62.7 Å². The zero-order chi connectivity index (χ0) is 40.3. The Morgan fingerprint density at radius 2 is 1.31 bits per heavy atom. The molecule has 4 aromatic carbocycles. The van der Waals surface area contributed by atoms with Gasteiger partial charge in [-0.2, -0.15) is 5.10 Å². The molecule has 11 heteroatoms. The van der Waals surface area contributed by atoms with Crippen molar-refractivity contribution in [2.75, 3.05) is 13.1 Å². The number of rotatable bonds is 10. The van der Waals surface area contributed by atoms with Crippen molar-refractivity contribution < 1.29 is 14.4 Å². The first-order chi connectivity index (χ1) is 28.9. The molecule has 2 aliphatic heterocycles. The number of hydrogen-bond acceptors (Lipinski definition) is 6. The molecule has 2 saturated heterocycles. The molecule has 1 aliphatic carbocycles. The minimum absolute atomic E-state index is 0.00412. The number of benzene rings is 4. The standard InChI is InChI=1S/C48H46N8O3/c49-43(35-9-3-1-4-10-35)47(58)55-27-7-13-41(55)39-29-38(53-54-39)33-21-17-31(18-22-33)15-16-32-19-23-34(24-20-32)40-30-50-45(51-40)42-14-8-28-56(42)48(59)44(36-11-5-2-6-12-36)52-46(57)37-25-26-37/h1-6,9-12,17-24,29-30,37,41-44H,7-8,13-14,25-28,49H2,(H,50,51)(H,52,57)(H,53,54)/t41-,42-,43+,44+/m0/s1. The number of H-pyrrole nitrogens is 2. The first-order valence-corrected chi connectivity index (χ1v) is 20.5. The number of imidazole rings is 1. The van der Waals surface area contributed by atoms with E-state index in [2.05, 4.69) is 32.3 Å². The summed E-state index contributed by atoms with van der Waals surface area (Å²) < 4.78 is 0. The predicted molar refractivity (Wildman–Crippen MR) is 225 cm³/mol. The molecule has 3 amide bonds. The van der Waals surface area contributed by atoms with Crippen molar-refractivity contribution in [3.05, 3.63) is 155 Å². The summed E-state index contributed by atoms with van der Waals surface area (Å²) in [5.41, 5.74) is 14.2. The van der Waals surface area contributed by atoms with Crippen molar-refractivity contribution >= 4 is 17.7 Å². The van der Waals surface area contributed by atoms with Gasteiger partial charge < -0.3 is 25.8 Å². The summed E-state index contributed by atoms with van der Waals surface area (Å²) in [5, 5.41) is 10.8. The van der Waals surface area contributed by atoms with Crippen molar-refractivity contribution in [2.24, 2.45) is 11.7 Å². The number of nitrogens with zero attached hydrogens (tertiary/aromatic N) is 4. The highest BCUT2D eigenvalue weighted by Gasteiger charge is 2.39. The Hall–Kier alpha value is -6.77. The minimum Gasteiger partial charge on any atom is -0.340 e. The summed E-state index contributed by atoms with van der Waals surface area (Å²) in [5.74, 6) is 7.05. The maximum Gasteiger partial charge on any atom is 0.250 e. The first kappa shape index (κ1) is 37.8. The molecule has 3 aliphatic rings. The summed E-state index contributed by atoms with van der Waals surface area (Å²) in [6, 6.07) is 35.3. The third kappa shape index (κ3) is 8.18. The van der Waals surface area contributed by atoms with E-state index in [9.17, 15) is 14.4 Å². The molecule has 296 valence electrons. The second-order valence-electron chi connectivity index (χ2n) is 15.7. The minimum atomic E-state index is -0.728. The summed E-state index contributed by atoms with van der Waals surface area (Å²) in [4.78, 5) is 52.2. The first-order valence-electron chi connectivity index (χ1n) is 20.5. The van der Waals surface area contributed by atoms with Gasteiger partial charge in [-0.1, -0.05) is 96.8 Å². The van der Waals surface area contributed by atoms with E-state index in [1.807, 2.05) is 131 Å². The van der Waals surface area contributed by atoms with Crippen LogP contribution in [-0.4, -0.2) is 60.8 Å². The molecule has 59 heavy (non-hydrogen) atoms. The van der Waals surface area contributed by atoms with Crippen LogP contribution in [0.3, 0.4) is 0 Å². The van der Waals surface area contributed by atoms with Crippen molar-refractivity contribution in [3.8, 4) is 34.4 Å². The molecule has 0 radical (unpaired) electrons. The SMILES string of the molecule is N[C@@H](C(=O)N1CCC[C@H]1c1cc(-c2ccc(C#Cc3ccc(-c4cnc([C@@H]5CCCN5C(=O)[C@H](NC(=O)C5CC5)c5ccccc5)[nH]4)cc3)cc2)n[nH]1)c1ccccc1. The second-order valence-corrected chi connectivity index (χ2v) is 15.7. The number of hydrogen-bond donors (Lipinski definition) is 4. The topological polar surface area (TPSA) is 153 Å². The average molecular weight is 783 g/mol. The zero-order valence-corrected chi connectivity index (χ0v) is 32.7. The second kappa shape index (κ2) is 16.6. The van der Waals surface area contributed by atoms with Crippen molar-refractivity contribution in [1.82, 2.24) is 35.3 Å². The third-order valence-corrected chi connectivity index (χ3v) is 11.7. The molecule has 11 nitrogen and oxygen atoms in total. The molecule has 5 N–H and O–H groups in total. The lowest BCUT2D eigenvalue weighted by atomic mass is 10.0. The van der Waals surface area contributed by atoms with Crippen LogP contribution in [0.1, 0.15) is 96.5 Å². The van der Waals surface area contributed by atoms with Crippen LogP contribution in [0.5, 0.6) is 0 Å². The Labute approximate surface area is 343 Å². The number of carbonyl (C=O) groups is 3. The van der Waals surface area contributed by atoms with Crippen LogP contribution in [0.25, 0.3) is 22.5 Å². The van der Waals surface area contributed by atoms with Crippen molar-refractivity contribution in [1.29, 1.82) is 0 Å². The number of nitrogens with one attached hydrogen (secondary N) is 3. The Bertz CT molecular complexity index is 2500. The highest BCUT2D eigenvalue weighted by Crippen LogP contribution is 2.36. The molecule has 9 rings (SSSR count). The molecule has 3 fully saturated rings. The van der Waals surface area contributed by atoms with Gasteiger partial charge in [-0.05, 0) is 85.5 Å². The van der Waals surface area contributed by atoms with Crippen LogP contribution in [0, 0.1) is 17.8 Å². The van der Waals surface area contributed by atoms with Crippen molar-refractivity contribution in [3.63, 3.8) is 0 Å². The molecule has 6 aromatic rings. The summed E-state index contributed by atoms with van der Waals surface area (Å²) in [7, 11) is 0. The Balaban J connectivity index is 0.830. The summed E-state index contributed by atoms with van der Waals surface area (Å²) in [6.07, 6.45) is 6.98. The van der Waals surface area contributed by atoms with E-state index in [0.29, 0.717) is 13.1 Å². The largest absolute Gasteiger partial charge is 0.340 e. The normalized spacial score (nSPS) is 18.5. The van der Waals surface area contributed by atoms with Gasteiger partial charge in [0.15, 0.2) is 0 Å². The quantitative estimate of drug-likeness (QED) is 0.108. The van der Waals surface area contributed by atoms with Gasteiger partial charge in [-0.25, -0.2) is 4.98 Å². The van der Waals surface area contributed by atoms with E-state index in [0.717, 1.165) is 94.8 Å². The molecule has 0 bridgehead atoms. The lowest BCUT2D eigenvalue weighted by molar-refractivity contribution is -0.138. The highest BCUT2D eigenvalue weighted by atomic mass is 16.2.